The summed E-state index contributed by atoms with van der Waals surface area (Å²) in [6.45, 7) is 1.45. The van der Waals surface area contributed by atoms with E-state index in [1.165, 1.54) is 24.4 Å². The number of carbonyl (C=O) groups excluding carboxylic acids is 2. The number of nitrogens with zero attached hydrogens (tertiary/aromatic N) is 1. The molecule has 0 unspecified atom stereocenters. The summed E-state index contributed by atoms with van der Waals surface area (Å²) >= 11 is 3.33. The Morgan fingerprint density at radius 2 is 2.09 bits per heavy atom. The quantitative estimate of drug-likeness (QED) is 0.512. The number of halogens is 1. The van der Waals surface area contributed by atoms with E-state index >= 15 is 0 Å². The molecule has 0 fully saturated rings. The number of carbonyl (C=O) groups is 2. The number of aryl methyl sites for hydroxylation is 1. The highest BCUT2D eigenvalue weighted by Crippen LogP contribution is 2.23. The van der Waals surface area contributed by atoms with E-state index in [1.807, 2.05) is 19.1 Å². The number of pyridine rings is 1. The zero-order valence-electron chi connectivity index (χ0n) is 11.7. The van der Waals surface area contributed by atoms with Gasteiger partial charge in [-0.15, -0.1) is 0 Å². The lowest BCUT2D eigenvalue weighted by atomic mass is 10.2. The van der Waals surface area contributed by atoms with E-state index in [0.717, 1.165) is 10.0 Å². The molecule has 1 aromatic heterocycles. The van der Waals surface area contributed by atoms with Gasteiger partial charge in [-0.05, 0) is 46.6 Å². The molecular formula is C15H13BrN2O4. The van der Waals surface area contributed by atoms with Gasteiger partial charge in [0.15, 0.2) is 12.8 Å². The normalized spacial score (nSPS) is 10.1. The van der Waals surface area contributed by atoms with E-state index in [9.17, 15) is 14.8 Å². The van der Waals surface area contributed by atoms with Crippen LogP contribution in [-0.2, 0) is 9.53 Å². The van der Waals surface area contributed by atoms with Crippen LogP contribution < -0.4 is 10.0 Å². The first-order valence-corrected chi connectivity index (χ1v) is 7.18. The molecule has 0 aliphatic rings. The number of benzene rings is 1. The first-order chi connectivity index (χ1) is 10.5. The van der Waals surface area contributed by atoms with E-state index in [4.69, 9.17) is 4.74 Å². The largest absolute Gasteiger partial charge is 0.618 e. The van der Waals surface area contributed by atoms with Crippen molar-refractivity contribution in [3.8, 4) is 0 Å². The summed E-state index contributed by atoms with van der Waals surface area (Å²) in [5.41, 5.74) is 1.44. The van der Waals surface area contributed by atoms with Crippen LogP contribution in [0.25, 0.3) is 0 Å². The van der Waals surface area contributed by atoms with Crippen LogP contribution in [0.15, 0.2) is 47.1 Å². The molecule has 0 aliphatic carbocycles. The molecule has 1 N–H and O–H groups in total. The number of nitrogens with one attached hydrogen (secondary N) is 1. The Morgan fingerprint density at radius 1 is 1.32 bits per heavy atom. The molecule has 1 heterocycles. The third kappa shape index (κ3) is 4.05. The summed E-state index contributed by atoms with van der Waals surface area (Å²) in [7, 11) is 0. The second-order valence-electron chi connectivity index (χ2n) is 4.52. The number of ether oxygens (including phenoxy) is 1. The van der Waals surface area contributed by atoms with Crippen molar-refractivity contribution in [1.82, 2.24) is 0 Å². The number of hydrogen-bond donors (Lipinski definition) is 1. The number of aromatic nitrogens is 1. The smallest absolute Gasteiger partial charge is 0.405 e. The van der Waals surface area contributed by atoms with Crippen molar-refractivity contribution in [3.05, 3.63) is 63.5 Å². The summed E-state index contributed by atoms with van der Waals surface area (Å²) in [4.78, 5) is 23.5. The monoisotopic (exact) mass is 364 g/mol. The van der Waals surface area contributed by atoms with Gasteiger partial charge in [0.25, 0.3) is 5.91 Å². The highest BCUT2D eigenvalue weighted by molar-refractivity contribution is 9.10. The van der Waals surface area contributed by atoms with Gasteiger partial charge in [0.1, 0.15) is 0 Å². The summed E-state index contributed by atoms with van der Waals surface area (Å²) < 4.78 is 5.93. The maximum Gasteiger partial charge on any atom is 0.405 e. The van der Waals surface area contributed by atoms with Crippen molar-refractivity contribution in [2.24, 2.45) is 0 Å². The minimum Gasteiger partial charge on any atom is -0.618 e. The van der Waals surface area contributed by atoms with Gasteiger partial charge < -0.3 is 15.3 Å². The van der Waals surface area contributed by atoms with Gasteiger partial charge >= 0.3 is 11.7 Å². The molecule has 0 atom stereocenters. The van der Waals surface area contributed by atoms with Crippen LogP contribution in [-0.4, -0.2) is 18.5 Å². The molecule has 22 heavy (non-hydrogen) atoms. The summed E-state index contributed by atoms with van der Waals surface area (Å²) in [6, 6.07) is 9.79. The Kier molecular flexibility index (Phi) is 5.11. The molecule has 6 nitrogen and oxygen atoms in total. The van der Waals surface area contributed by atoms with Crippen molar-refractivity contribution < 1.29 is 19.1 Å². The second kappa shape index (κ2) is 7.04. The minimum atomic E-state index is -0.853. The first kappa shape index (κ1) is 16.0. The molecule has 0 aliphatic heterocycles. The summed E-state index contributed by atoms with van der Waals surface area (Å²) in [5, 5.41) is 14.0. The fraction of sp³-hybridized carbons (Fsp3) is 0.133. The lowest BCUT2D eigenvalue weighted by Gasteiger charge is -2.08. The van der Waals surface area contributed by atoms with Gasteiger partial charge in [-0.2, -0.15) is 4.73 Å². The second-order valence-corrected chi connectivity index (χ2v) is 5.37. The average Bonchev–Trinajstić information content (AvgIpc) is 2.48. The number of rotatable bonds is 4. The molecule has 0 radical (unpaired) electrons. The van der Waals surface area contributed by atoms with Crippen LogP contribution in [0.4, 0.5) is 5.69 Å². The van der Waals surface area contributed by atoms with Gasteiger partial charge in [-0.1, -0.05) is 6.07 Å². The Balaban J connectivity index is 1.93. The molecule has 7 heteroatoms. The topological polar surface area (TPSA) is 82.3 Å². The van der Waals surface area contributed by atoms with E-state index in [1.54, 1.807) is 6.07 Å². The predicted octanol–water partition coefficient (Wildman–Crippen LogP) is 2.19. The highest BCUT2D eigenvalue weighted by Gasteiger charge is 2.18. The molecule has 114 valence electrons. The Bertz CT molecular complexity index is 718. The predicted molar refractivity (Wildman–Crippen MR) is 83.2 cm³/mol. The van der Waals surface area contributed by atoms with Gasteiger partial charge in [0.05, 0.1) is 5.69 Å². The summed E-state index contributed by atoms with van der Waals surface area (Å²) in [6.07, 6.45) is 1.18. The maximum atomic E-state index is 11.8. The van der Waals surface area contributed by atoms with Crippen molar-refractivity contribution in [2.45, 2.75) is 6.92 Å². The molecule has 0 bridgehead atoms. The SMILES string of the molecule is Cc1ccc(NC(=O)COC(=O)c2cccc[n+]2[O-])c(Br)c1. The van der Waals surface area contributed by atoms with Crippen molar-refractivity contribution in [2.75, 3.05) is 11.9 Å². The molecule has 1 aromatic carbocycles. The van der Waals surface area contributed by atoms with Crippen LogP contribution in [0, 0.1) is 12.1 Å². The number of hydrogen-bond acceptors (Lipinski definition) is 4. The standard InChI is InChI=1S/C15H13BrN2O4/c1-10-5-6-12(11(16)8-10)17-14(19)9-22-15(20)13-4-2-3-7-18(13)21/h2-8H,9H2,1H3,(H,17,19). The average molecular weight is 365 g/mol. The van der Waals surface area contributed by atoms with Gasteiger partial charge in [-0.25, -0.2) is 4.79 Å². The fourth-order valence-corrected chi connectivity index (χ4v) is 2.29. The molecule has 2 rings (SSSR count). The van der Waals surface area contributed by atoms with Gasteiger partial charge in [0, 0.05) is 16.6 Å². The number of anilines is 1. The van der Waals surface area contributed by atoms with Crippen LogP contribution in [0.2, 0.25) is 0 Å². The first-order valence-electron chi connectivity index (χ1n) is 6.38. The highest BCUT2D eigenvalue weighted by atomic mass is 79.9. The van der Waals surface area contributed by atoms with Crippen LogP contribution in [0.3, 0.4) is 0 Å². The van der Waals surface area contributed by atoms with Crippen molar-refractivity contribution in [1.29, 1.82) is 0 Å². The Morgan fingerprint density at radius 3 is 2.77 bits per heavy atom. The van der Waals surface area contributed by atoms with Gasteiger partial charge in [0.2, 0.25) is 0 Å². The van der Waals surface area contributed by atoms with E-state index in [-0.39, 0.29) is 5.69 Å². The third-order valence-electron chi connectivity index (χ3n) is 2.77. The Labute approximate surface area is 135 Å². The zero-order chi connectivity index (χ0) is 16.1. The van der Waals surface area contributed by atoms with Crippen LogP contribution >= 0.6 is 15.9 Å². The number of amides is 1. The molecule has 1 amide bonds. The van der Waals surface area contributed by atoms with E-state index in [2.05, 4.69) is 21.2 Å². The fourth-order valence-electron chi connectivity index (χ4n) is 1.70. The lowest BCUT2D eigenvalue weighted by Crippen LogP contribution is -2.35. The zero-order valence-corrected chi connectivity index (χ0v) is 13.3. The molecular weight excluding hydrogens is 352 g/mol. The molecule has 0 spiro atoms. The van der Waals surface area contributed by atoms with Crippen molar-refractivity contribution >= 4 is 33.5 Å². The lowest BCUT2D eigenvalue weighted by molar-refractivity contribution is -0.608. The Hall–Kier alpha value is -2.41. The van der Waals surface area contributed by atoms with E-state index < -0.39 is 18.5 Å². The number of esters is 1. The van der Waals surface area contributed by atoms with E-state index in [0.29, 0.717) is 10.4 Å². The third-order valence-corrected chi connectivity index (χ3v) is 3.42. The van der Waals surface area contributed by atoms with Crippen LogP contribution in [0.1, 0.15) is 16.1 Å². The molecule has 2 aromatic rings. The summed E-state index contributed by atoms with van der Waals surface area (Å²) in [5.74, 6) is -1.35. The van der Waals surface area contributed by atoms with Gasteiger partial charge in [-0.3, -0.25) is 4.79 Å². The maximum absolute atomic E-state index is 11.8. The molecule has 0 saturated heterocycles. The minimum absolute atomic E-state index is 0.174. The van der Waals surface area contributed by atoms with Crippen LogP contribution in [0.5, 0.6) is 0 Å². The van der Waals surface area contributed by atoms with Crippen molar-refractivity contribution in [3.63, 3.8) is 0 Å². The molecule has 0 saturated carbocycles.